The molecule has 0 unspecified atom stereocenters. The molecule has 8 heteroatoms. The van der Waals surface area contributed by atoms with Crippen molar-refractivity contribution in [1.29, 1.82) is 0 Å². The zero-order valence-electron chi connectivity index (χ0n) is 9.41. The molecule has 0 aliphatic carbocycles. The zero-order valence-corrected chi connectivity index (χ0v) is 9.41. The summed E-state index contributed by atoms with van der Waals surface area (Å²) in [6, 6.07) is 1.26. The van der Waals surface area contributed by atoms with Crippen LogP contribution in [0.4, 0.5) is 5.69 Å². The van der Waals surface area contributed by atoms with E-state index < -0.39 is 16.9 Å². The molecule has 1 aliphatic rings. The molecule has 1 aromatic rings. The second kappa shape index (κ2) is 4.49. The molecule has 1 aliphatic heterocycles. The molecule has 96 valence electrons. The van der Waals surface area contributed by atoms with Gasteiger partial charge in [-0.15, -0.1) is 0 Å². The SMILES string of the molecule is COC(=O)[C@H](N)c1cc2c(cc1[N+](=O)[O-])OCO2. The molecule has 0 spiro atoms. The monoisotopic (exact) mass is 254 g/mol. The van der Waals surface area contributed by atoms with Crippen molar-refractivity contribution in [1.82, 2.24) is 0 Å². The molecule has 1 atom stereocenters. The van der Waals surface area contributed by atoms with Gasteiger partial charge in [0.1, 0.15) is 6.04 Å². The average molecular weight is 254 g/mol. The molecule has 2 N–H and O–H groups in total. The first kappa shape index (κ1) is 12.1. The Morgan fingerprint density at radius 1 is 1.50 bits per heavy atom. The lowest BCUT2D eigenvalue weighted by Gasteiger charge is -2.10. The van der Waals surface area contributed by atoms with E-state index in [4.69, 9.17) is 15.2 Å². The number of ether oxygens (including phenoxy) is 3. The molecule has 0 saturated carbocycles. The third-order valence-electron chi connectivity index (χ3n) is 2.51. The number of esters is 1. The summed E-state index contributed by atoms with van der Waals surface area (Å²) in [4.78, 5) is 21.6. The second-order valence-corrected chi connectivity index (χ2v) is 3.52. The van der Waals surface area contributed by atoms with Gasteiger partial charge in [-0.05, 0) is 6.07 Å². The number of benzene rings is 1. The zero-order chi connectivity index (χ0) is 13.3. The molecule has 2 rings (SSSR count). The van der Waals surface area contributed by atoms with Gasteiger partial charge in [-0.1, -0.05) is 0 Å². The summed E-state index contributed by atoms with van der Waals surface area (Å²) < 4.78 is 14.6. The number of rotatable bonds is 3. The number of carbonyl (C=O) groups excluding carboxylic acids is 1. The molecule has 8 nitrogen and oxygen atoms in total. The molecular weight excluding hydrogens is 244 g/mol. The van der Waals surface area contributed by atoms with E-state index in [9.17, 15) is 14.9 Å². The van der Waals surface area contributed by atoms with Gasteiger partial charge in [0.15, 0.2) is 11.5 Å². The topological polar surface area (TPSA) is 114 Å². The third-order valence-corrected chi connectivity index (χ3v) is 2.51. The van der Waals surface area contributed by atoms with Crippen LogP contribution in [0.2, 0.25) is 0 Å². The van der Waals surface area contributed by atoms with E-state index in [-0.39, 0.29) is 23.8 Å². The molecule has 1 heterocycles. The van der Waals surface area contributed by atoms with Gasteiger partial charge in [-0.3, -0.25) is 10.1 Å². The lowest BCUT2D eigenvalue weighted by Crippen LogP contribution is -2.23. The standard InChI is InChI=1S/C10H10N2O6/c1-16-10(13)9(11)5-2-7-8(18-4-17-7)3-6(5)12(14)15/h2-3,9H,4,11H2,1H3/t9-/m1/s1. The fraction of sp³-hybridized carbons (Fsp3) is 0.300. The summed E-state index contributed by atoms with van der Waals surface area (Å²) in [6.07, 6.45) is 0. The van der Waals surface area contributed by atoms with Crippen LogP contribution >= 0.6 is 0 Å². The molecule has 0 radical (unpaired) electrons. The summed E-state index contributed by atoms with van der Waals surface area (Å²) in [7, 11) is 1.15. The van der Waals surface area contributed by atoms with Crippen LogP contribution in [-0.4, -0.2) is 24.8 Å². The van der Waals surface area contributed by atoms with Gasteiger partial charge in [0.05, 0.1) is 23.7 Å². The van der Waals surface area contributed by atoms with Crippen LogP contribution in [0.1, 0.15) is 11.6 Å². The number of fused-ring (bicyclic) bond motifs is 1. The Balaban J connectivity index is 2.51. The largest absolute Gasteiger partial charge is 0.468 e. The highest BCUT2D eigenvalue weighted by molar-refractivity contribution is 5.79. The van der Waals surface area contributed by atoms with Crippen LogP contribution < -0.4 is 15.2 Å². The Morgan fingerprint density at radius 3 is 2.67 bits per heavy atom. The van der Waals surface area contributed by atoms with Crippen LogP contribution in [0.5, 0.6) is 11.5 Å². The first-order valence-electron chi connectivity index (χ1n) is 4.96. The number of hydrogen-bond acceptors (Lipinski definition) is 7. The van der Waals surface area contributed by atoms with E-state index >= 15 is 0 Å². The van der Waals surface area contributed by atoms with Crippen LogP contribution in [0.25, 0.3) is 0 Å². The molecule has 18 heavy (non-hydrogen) atoms. The van der Waals surface area contributed by atoms with Crippen LogP contribution in [0.3, 0.4) is 0 Å². The highest BCUT2D eigenvalue weighted by Crippen LogP contribution is 2.39. The minimum Gasteiger partial charge on any atom is -0.468 e. The van der Waals surface area contributed by atoms with Crippen molar-refractivity contribution in [2.24, 2.45) is 5.73 Å². The van der Waals surface area contributed by atoms with Crippen molar-refractivity contribution in [3.63, 3.8) is 0 Å². The Morgan fingerprint density at radius 2 is 2.11 bits per heavy atom. The quantitative estimate of drug-likeness (QED) is 0.474. The highest BCUT2D eigenvalue weighted by Gasteiger charge is 2.30. The maximum absolute atomic E-state index is 11.3. The third kappa shape index (κ3) is 1.93. The van der Waals surface area contributed by atoms with Gasteiger partial charge in [0.25, 0.3) is 5.69 Å². The fourth-order valence-corrected chi connectivity index (χ4v) is 1.61. The first-order chi connectivity index (χ1) is 8.54. The maximum Gasteiger partial charge on any atom is 0.327 e. The molecule has 0 aromatic heterocycles. The number of hydrogen-bond donors (Lipinski definition) is 1. The first-order valence-corrected chi connectivity index (χ1v) is 4.96. The minimum atomic E-state index is -1.25. The van der Waals surface area contributed by atoms with Gasteiger partial charge in [-0.25, -0.2) is 4.79 Å². The lowest BCUT2D eigenvalue weighted by atomic mass is 10.0. The van der Waals surface area contributed by atoms with Crippen molar-refractivity contribution in [3.8, 4) is 11.5 Å². The van der Waals surface area contributed by atoms with E-state index in [2.05, 4.69) is 4.74 Å². The molecule has 0 amide bonds. The molecule has 0 saturated heterocycles. The maximum atomic E-state index is 11.3. The predicted octanol–water partition coefficient (Wildman–Crippen LogP) is 0.496. The van der Waals surface area contributed by atoms with Gasteiger partial charge in [0, 0.05) is 0 Å². The van der Waals surface area contributed by atoms with E-state index in [1.54, 1.807) is 0 Å². The predicted molar refractivity (Wildman–Crippen MR) is 58.2 cm³/mol. The van der Waals surface area contributed by atoms with Gasteiger partial charge < -0.3 is 19.9 Å². The second-order valence-electron chi connectivity index (χ2n) is 3.52. The van der Waals surface area contributed by atoms with Crippen LogP contribution in [0.15, 0.2) is 12.1 Å². The van der Waals surface area contributed by atoms with Crippen LogP contribution in [-0.2, 0) is 9.53 Å². The summed E-state index contributed by atoms with van der Waals surface area (Å²) in [6.45, 7) is -0.0244. The van der Waals surface area contributed by atoms with E-state index in [1.165, 1.54) is 12.1 Å². The summed E-state index contributed by atoms with van der Waals surface area (Å²) in [5.41, 5.74) is 5.32. The van der Waals surface area contributed by atoms with Crippen LogP contribution in [0, 0.1) is 10.1 Å². The Labute approximate surface area is 101 Å². The lowest BCUT2D eigenvalue weighted by molar-refractivity contribution is -0.385. The smallest absolute Gasteiger partial charge is 0.327 e. The number of nitro groups is 1. The van der Waals surface area contributed by atoms with Gasteiger partial charge in [-0.2, -0.15) is 0 Å². The molecule has 0 bridgehead atoms. The Hall–Kier alpha value is -2.35. The Bertz CT molecular complexity index is 515. The number of methoxy groups -OCH3 is 1. The van der Waals surface area contributed by atoms with E-state index in [1.807, 2.05) is 0 Å². The Kier molecular flexibility index (Phi) is 3.02. The number of carbonyl (C=O) groups is 1. The molecular formula is C10H10N2O6. The highest BCUT2D eigenvalue weighted by atomic mass is 16.7. The number of nitro benzene ring substituents is 1. The minimum absolute atomic E-state index is 0.0242. The van der Waals surface area contributed by atoms with Crippen molar-refractivity contribution < 1.29 is 23.9 Å². The number of nitrogens with two attached hydrogens (primary N) is 1. The summed E-state index contributed by atoms with van der Waals surface area (Å²) >= 11 is 0. The summed E-state index contributed by atoms with van der Waals surface area (Å²) in [5, 5.41) is 10.9. The van der Waals surface area contributed by atoms with Gasteiger partial charge >= 0.3 is 5.97 Å². The van der Waals surface area contributed by atoms with Crippen molar-refractivity contribution in [2.45, 2.75) is 6.04 Å². The fourth-order valence-electron chi connectivity index (χ4n) is 1.61. The average Bonchev–Trinajstić information content (AvgIpc) is 2.82. The number of nitrogens with zero attached hydrogens (tertiary/aromatic N) is 1. The molecule has 0 fully saturated rings. The summed E-state index contributed by atoms with van der Waals surface area (Å²) in [5.74, 6) is -0.200. The normalized spacial score (nSPS) is 14.1. The van der Waals surface area contributed by atoms with Crippen molar-refractivity contribution >= 4 is 11.7 Å². The van der Waals surface area contributed by atoms with E-state index in [0.29, 0.717) is 5.75 Å². The van der Waals surface area contributed by atoms with E-state index in [0.717, 1.165) is 7.11 Å². The molecule has 1 aromatic carbocycles. The van der Waals surface area contributed by atoms with Gasteiger partial charge in [0.2, 0.25) is 6.79 Å². The van der Waals surface area contributed by atoms with Crippen molar-refractivity contribution in [3.05, 3.63) is 27.8 Å². The van der Waals surface area contributed by atoms with Crippen molar-refractivity contribution in [2.75, 3.05) is 13.9 Å².